The first-order valence-corrected chi connectivity index (χ1v) is 10.2. The third kappa shape index (κ3) is 3.73. The summed E-state index contributed by atoms with van der Waals surface area (Å²) in [6.07, 6.45) is 0. The number of hydrogen-bond donors (Lipinski definition) is 0. The molecule has 0 radical (unpaired) electrons. The van der Waals surface area contributed by atoms with Crippen LogP contribution in [-0.4, -0.2) is 16.7 Å². The highest BCUT2D eigenvalue weighted by Crippen LogP contribution is 2.35. The highest BCUT2D eigenvalue weighted by Gasteiger charge is 2.17. The van der Waals surface area contributed by atoms with Gasteiger partial charge in [-0.3, -0.25) is 0 Å². The van der Waals surface area contributed by atoms with Gasteiger partial charge in [-0.15, -0.1) is 10.2 Å². The van der Waals surface area contributed by atoms with Crippen molar-refractivity contribution in [3.8, 4) is 11.3 Å². The molecule has 3 heteroatoms. The lowest BCUT2D eigenvalue weighted by Gasteiger charge is -2.24. The van der Waals surface area contributed by atoms with E-state index < -0.39 is 0 Å². The number of rotatable bonds is 5. The molecule has 4 rings (SSSR count). The zero-order valence-corrected chi connectivity index (χ0v) is 17.6. The fourth-order valence-electron chi connectivity index (χ4n) is 4.20. The molecule has 146 valence electrons. The second-order valence-electron chi connectivity index (χ2n) is 7.69. The molecule has 3 aromatic carbocycles. The summed E-state index contributed by atoms with van der Waals surface area (Å²) >= 11 is 0. The summed E-state index contributed by atoms with van der Waals surface area (Å²) in [5, 5.41) is 11.8. The molecule has 29 heavy (non-hydrogen) atoms. The zero-order chi connectivity index (χ0) is 20.4. The lowest BCUT2D eigenvalue weighted by atomic mass is 9.94. The van der Waals surface area contributed by atoms with Crippen LogP contribution >= 0.6 is 0 Å². The van der Waals surface area contributed by atoms with E-state index in [0.29, 0.717) is 0 Å². The first kappa shape index (κ1) is 19.1. The molecule has 0 fully saturated rings. The van der Waals surface area contributed by atoms with E-state index in [4.69, 9.17) is 10.2 Å². The fourth-order valence-corrected chi connectivity index (χ4v) is 4.20. The SMILES string of the molecule is CCN(Cc1ccccc1)c1nnc(-c2c(C)cc(C)cc2C)c2ccccc12. The third-order valence-electron chi connectivity index (χ3n) is 5.48. The Kier molecular flexibility index (Phi) is 5.30. The van der Waals surface area contributed by atoms with Crippen LogP contribution in [0.1, 0.15) is 29.2 Å². The van der Waals surface area contributed by atoms with E-state index in [1.54, 1.807) is 0 Å². The maximum atomic E-state index is 4.75. The molecule has 0 atom stereocenters. The molecule has 0 aliphatic heterocycles. The van der Waals surface area contributed by atoms with Crippen LogP contribution in [0.3, 0.4) is 0 Å². The largest absolute Gasteiger partial charge is 0.351 e. The van der Waals surface area contributed by atoms with Crippen LogP contribution in [0, 0.1) is 20.8 Å². The fraction of sp³-hybridized carbons (Fsp3) is 0.231. The summed E-state index contributed by atoms with van der Waals surface area (Å²) in [5.74, 6) is 0.943. The van der Waals surface area contributed by atoms with Crippen molar-refractivity contribution in [3.63, 3.8) is 0 Å². The maximum absolute atomic E-state index is 4.75. The highest BCUT2D eigenvalue weighted by molar-refractivity contribution is 6.01. The predicted molar refractivity (Wildman–Crippen MR) is 122 cm³/mol. The van der Waals surface area contributed by atoms with Crippen molar-refractivity contribution in [1.82, 2.24) is 10.2 Å². The van der Waals surface area contributed by atoms with Gasteiger partial charge in [-0.1, -0.05) is 72.3 Å². The predicted octanol–water partition coefficient (Wildman–Crippen LogP) is 6.25. The Bertz CT molecular complexity index is 1130. The van der Waals surface area contributed by atoms with Crippen molar-refractivity contribution in [3.05, 3.63) is 89.0 Å². The molecule has 0 amide bonds. The van der Waals surface area contributed by atoms with Gasteiger partial charge in [0.15, 0.2) is 5.82 Å². The lowest BCUT2D eigenvalue weighted by Crippen LogP contribution is -2.23. The molecule has 0 aliphatic rings. The van der Waals surface area contributed by atoms with E-state index in [9.17, 15) is 0 Å². The van der Waals surface area contributed by atoms with Gasteiger partial charge in [0, 0.05) is 29.4 Å². The number of aromatic nitrogens is 2. The Morgan fingerprint density at radius 3 is 2.03 bits per heavy atom. The second-order valence-corrected chi connectivity index (χ2v) is 7.69. The van der Waals surface area contributed by atoms with Crippen LogP contribution in [0.5, 0.6) is 0 Å². The minimum absolute atomic E-state index is 0.817. The van der Waals surface area contributed by atoms with Gasteiger partial charge in [0.05, 0.1) is 0 Å². The molecular formula is C26H27N3. The topological polar surface area (TPSA) is 29.0 Å². The van der Waals surface area contributed by atoms with E-state index in [0.717, 1.165) is 35.4 Å². The molecule has 1 heterocycles. The van der Waals surface area contributed by atoms with Gasteiger partial charge in [-0.05, 0) is 44.4 Å². The van der Waals surface area contributed by atoms with Crippen LogP contribution < -0.4 is 4.90 Å². The summed E-state index contributed by atoms with van der Waals surface area (Å²) in [6, 6.07) is 23.5. The average molecular weight is 382 g/mol. The minimum Gasteiger partial charge on any atom is -0.351 e. The molecule has 1 aromatic heterocycles. The quantitative estimate of drug-likeness (QED) is 0.409. The van der Waals surface area contributed by atoms with Crippen LogP contribution in [-0.2, 0) is 6.54 Å². The van der Waals surface area contributed by atoms with E-state index in [1.165, 1.54) is 27.8 Å². The second kappa shape index (κ2) is 8.04. The molecular weight excluding hydrogens is 354 g/mol. The number of aryl methyl sites for hydroxylation is 3. The van der Waals surface area contributed by atoms with Gasteiger partial charge in [-0.2, -0.15) is 0 Å². The molecule has 0 aliphatic carbocycles. The Morgan fingerprint density at radius 2 is 1.38 bits per heavy atom. The number of benzene rings is 3. The van der Waals surface area contributed by atoms with Gasteiger partial charge in [0.25, 0.3) is 0 Å². The normalized spacial score (nSPS) is 11.0. The number of hydrogen-bond acceptors (Lipinski definition) is 3. The standard InChI is InChI=1S/C26H27N3/c1-5-29(17-21-11-7-6-8-12-21)26-23-14-10-9-13-22(23)25(27-28-26)24-19(3)15-18(2)16-20(24)4/h6-16H,5,17H2,1-4H3. The van der Waals surface area contributed by atoms with Gasteiger partial charge in [0.2, 0.25) is 0 Å². The number of anilines is 1. The molecule has 0 unspecified atom stereocenters. The van der Waals surface area contributed by atoms with Crippen molar-refractivity contribution < 1.29 is 0 Å². The molecule has 0 spiro atoms. The summed E-state index contributed by atoms with van der Waals surface area (Å²) < 4.78 is 0. The summed E-state index contributed by atoms with van der Waals surface area (Å²) in [4.78, 5) is 2.29. The molecule has 3 nitrogen and oxygen atoms in total. The zero-order valence-electron chi connectivity index (χ0n) is 17.6. The summed E-state index contributed by atoms with van der Waals surface area (Å²) in [6.45, 7) is 10.3. The first-order valence-electron chi connectivity index (χ1n) is 10.2. The monoisotopic (exact) mass is 381 g/mol. The molecule has 0 N–H and O–H groups in total. The average Bonchev–Trinajstić information content (AvgIpc) is 2.72. The van der Waals surface area contributed by atoms with Gasteiger partial charge in [0.1, 0.15) is 5.69 Å². The van der Waals surface area contributed by atoms with Crippen molar-refractivity contribution >= 4 is 16.6 Å². The van der Waals surface area contributed by atoms with Crippen LogP contribution in [0.2, 0.25) is 0 Å². The Balaban J connectivity index is 1.86. The van der Waals surface area contributed by atoms with Crippen LogP contribution in [0.4, 0.5) is 5.82 Å². The molecule has 0 saturated heterocycles. The minimum atomic E-state index is 0.817. The van der Waals surface area contributed by atoms with Gasteiger partial charge < -0.3 is 4.90 Å². The van der Waals surface area contributed by atoms with E-state index in [1.807, 2.05) is 0 Å². The first-order chi connectivity index (χ1) is 14.1. The van der Waals surface area contributed by atoms with E-state index in [-0.39, 0.29) is 0 Å². The van der Waals surface area contributed by atoms with E-state index >= 15 is 0 Å². The van der Waals surface area contributed by atoms with Crippen molar-refractivity contribution in [2.75, 3.05) is 11.4 Å². The smallest absolute Gasteiger partial charge is 0.159 e. The van der Waals surface area contributed by atoms with Crippen LogP contribution in [0.15, 0.2) is 66.7 Å². The Morgan fingerprint density at radius 1 is 0.759 bits per heavy atom. The Hall–Kier alpha value is -3.20. The van der Waals surface area contributed by atoms with Crippen molar-refractivity contribution in [2.45, 2.75) is 34.2 Å². The van der Waals surface area contributed by atoms with Crippen molar-refractivity contribution in [2.24, 2.45) is 0 Å². The number of nitrogens with zero attached hydrogens (tertiary/aromatic N) is 3. The van der Waals surface area contributed by atoms with Gasteiger partial charge >= 0.3 is 0 Å². The molecule has 0 bridgehead atoms. The molecule has 0 saturated carbocycles. The molecule has 4 aromatic rings. The summed E-state index contributed by atoms with van der Waals surface area (Å²) in [5.41, 5.74) is 7.19. The maximum Gasteiger partial charge on any atom is 0.159 e. The Labute approximate surface area is 173 Å². The van der Waals surface area contributed by atoms with Crippen molar-refractivity contribution in [1.29, 1.82) is 0 Å². The van der Waals surface area contributed by atoms with Gasteiger partial charge in [-0.25, -0.2) is 0 Å². The highest BCUT2D eigenvalue weighted by atomic mass is 15.3. The number of fused-ring (bicyclic) bond motifs is 1. The van der Waals surface area contributed by atoms with Crippen LogP contribution in [0.25, 0.3) is 22.0 Å². The van der Waals surface area contributed by atoms with E-state index in [2.05, 4.69) is 99.3 Å². The summed E-state index contributed by atoms with van der Waals surface area (Å²) in [7, 11) is 0. The lowest BCUT2D eigenvalue weighted by molar-refractivity contribution is 0.804. The third-order valence-corrected chi connectivity index (χ3v) is 5.48.